The van der Waals surface area contributed by atoms with Gasteiger partial charge in [0.1, 0.15) is 11.6 Å². The van der Waals surface area contributed by atoms with Gasteiger partial charge in [-0.25, -0.2) is 9.87 Å². The van der Waals surface area contributed by atoms with Crippen LogP contribution < -0.4 is 15.5 Å². The predicted molar refractivity (Wildman–Crippen MR) is 103 cm³/mol. The number of hydroxylamine groups is 1. The molecule has 1 aromatic heterocycles. The zero-order chi connectivity index (χ0) is 20.8. The number of rotatable bonds is 6. The van der Waals surface area contributed by atoms with Gasteiger partial charge in [0.2, 0.25) is 0 Å². The average molecular weight is 396 g/mol. The second kappa shape index (κ2) is 8.81. The monoisotopic (exact) mass is 396 g/mol. The Kier molecular flexibility index (Phi) is 6.00. The molecule has 0 spiro atoms. The molecule has 0 fully saturated rings. The van der Waals surface area contributed by atoms with E-state index < -0.39 is 17.6 Å². The van der Waals surface area contributed by atoms with E-state index in [1.807, 2.05) is 0 Å². The molecule has 8 nitrogen and oxygen atoms in total. The van der Waals surface area contributed by atoms with Gasteiger partial charge in [-0.2, -0.15) is 5.10 Å². The van der Waals surface area contributed by atoms with Crippen molar-refractivity contribution in [2.75, 3.05) is 5.32 Å². The van der Waals surface area contributed by atoms with Crippen molar-refractivity contribution in [3.05, 3.63) is 77.9 Å². The smallest absolute Gasteiger partial charge is 0.267 e. The predicted octanol–water partition coefficient (Wildman–Crippen LogP) is 3.12. The highest BCUT2D eigenvalue weighted by molar-refractivity contribution is 6.07. The highest BCUT2D eigenvalue weighted by Gasteiger charge is 2.15. The van der Waals surface area contributed by atoms with E-state index in [2.05, 4.69) is 10.4 Å². The zero-order valence-electron chi connectivity index (χ0n) is 15.3. The Morgan fingerprint density at radius 3 is 2.76 bits per heavy atom. The first kappa shape index (κ1) is 19.8. The van der Waals surface area contributed by atoms with Gasteiger partial charge in [0.05, 0.1) is 18.0 Å². The molecule has 0 aliphatic rings. The third-order valence-electron chi connectivity index (χ3n) is 3.83. The molecule has 29 heavy (non-hydrogen) atoms. The van der Waals surface area contributed by atoms with Gasteiger partial charge in [-0.1, -0.05) is 12.1 Å². The highest BCUT2D eigenvalue weighted by Crippen LogP contribution is 2.26. The second-order valence-corrected chi connectivity index (χ2v) is 5.94. The SMILES string of the molecule is Cn1cc(Oc2ccccc2C(=O)Nc2ccc(F)cc2C=CC(=O)NO)cn1. The van der Waals surface area contributed by atoms with E-state index in [-0.39, 0.29) is 16.8 Å². The number of hydrogen-bond acceptors (Lipinski definition) is 5. The maximum Gasteiger partial charge on any atom is 0.267 e. The van der Waals surface area contributed by atoms with Gasteiger partial charge in [-0.3, -0.25) is 19.5 Å². The molecule has 0 bridgehead atoms. The van der Waals surface area contributed by atoms with Gasteiger partial charge >= 0.3 is 0 Å². The number of nitrogens with zero attached hydrogens (tertiary/aromatic N) is 2. The van der Waals surface area contributed by atoms with Gasteiger partial charge in [-0.15, -0.1) is 0 Å². The Morgan fingerprint density at radius 1 is 1.24 bits per heavy atom. The van der Waals surface area contributed by atoms with Crippen LogP contribution in [0.5, 0.6) is 11.5 Å². The fourth-order valence-electron chi connectivity index (χ4n) is 2.50. The summed E-state index contributed by atoms with van der Waals surface area (Å²) in [5, 5.41) is 15.3. The van der Waals surface area contributed by atoms with Gasteiger partial charge in [0.15, 0.2) is 5.75 Å². The number of ether oxygens (including phenoxy) is 1. The van der Waals surface area contributed by atoms with Crippen molar-refractivity contribution in [1.29, 1.82) is 0 Å². The quantitative estimate of drug-likeness (QED) is 0.337. The molecule has 0 aliphatic heterocycles. The summed E-state index contributed by atoms with van der Waals surface area (Å²) in [5.74, 6) is -1.04. The van der Waals surface area contributed by atoms with Crippen LogP contribution in [0.15, 0.2) is 60.9 Å². The lowest BCUT2D eigenvalue weighted by Crippen LogP contribution is -2.15. The number of amides is 2. The van der Waals surface area contributed by atoms with Gasteiger partial charge in [-0.05, 0) is 36.4 Å². The number of carbonyl (C=O) groups excluding carboxylic acids is 2. The minimum absolute atomic E-state index is 0.243. The molecule has 1 heterocycles. The van der Waals surface area contributed by atoms with E-state index in [1.54, 1.807) is 42.2 Å². The van der Waals surface area contributed by atoms with E-state index in [9.17, 15) is 14.0 Å². The van der Waals surface area contributed by atoms with E-state index in [0.29, 0.717) is 11.5 Å². The van der Waals surface area contributed by atoms with E-state index >= 15 is 0 Å². The first-order valence-corrected chi connectivity index (χ1v) is 8.45. The third kappa shape index (κ3) is 5.05. The number of carbonyl (C=O) groups is 2. The minimum atomic E-state index is -0.790. The third-order valence-corrected chi connectivity index (χ3v) is 3.83. The first-order valence-electron chi connectivity index (χ1n) is 8.45. The molecular formula is C20H17FN4O4. The lowest BCUT2D eigenvalue weighted by molar-refractivity contribution is -0.124. The number of benzene rings is 2. The first-order chi connectivity index (χ1) is 14.0. The van der Waals surface area contributed by atoms with E-state index in [4.69, 9.17) is 9.94 Å². The van der Waals surface area contributed by atoms with Crippen LogP contribution in [-0.4, -0.2) is 26.8 Å². The van der Waals surface area contributed by atoms with Crippen LogP contribution in [0, 0.1) is 5.82 Å². The maximum atomic E-state index is 13.6. The Hall–Kier alpha value is -3.98. The van der Waals surface area contributed by atoms with Gasteiger partial charge in [0, 0.05) is 24.4 Å². The molecule has 0 radical (unpaired) electrons. The van der Waals surface area contributed by atoms with Crippen molar-refractivity contribution in [3.8, 4) is 11.5 Å². The number of aromatic nitrogens is 2. The van der Waals surface area contributed by atoms with E-state index in [0.717, 1.165) is 12.1 Å². The van der Waals surface area contributed by atoms with Crippen LogP contribution in [-0.2, 0) is 11.8 Å². The molecule has 0 atom stereocenters. The topological polar surface area (TPSA) is 105 Å². The van der Waals surface area contributed by atoms with Crippen molar-refractivity contribution >= 4 is 23.6 Å². The summed E-state index contributed by atoms with van der Waals surface area (Å²) in [5.41, 5.74) is 2.21. The van der Waals surface area contributed by atoms with Crippen molar-refractivity contribution in [3.63, 3.8) is 0 Å². The molecule has 3 rings (SSSR count). The number of halogens is 1. The average Bonchev–Trinajstić information content (AvgIpc) is 3.12. The lowest BCUT2D eigenvalue weighted by Gasteiger charge is -2.12. The largest absolute Gasteiger partial charge is 0.453 e. The van der Waals surface area contributed by atoms with Crippen LogP contribution in [0.1, 0.15) is 15.9 Å². The van der Waals surface area contributed by atoms with Crippen molar-refractivity contribution in [2.24, 2.45) is 7.05 Å². The number of aryl methyl sites for hydroxylation is 1. The van der Waals surface area contributed by atoms with Crippen LogP contribution >= 0.6 is 0 Å². The van der Waals surface area contributed by atoms with Crippen molar-refractivity contribution < 1.29 is 23.9 Å². The number of hydrogen-bond donors (Lipinski definition) is 3. The highest BCUT2D eigenvalue weighted by atomic mass is 19.1. The Morgan fingerprint density at radius 2 is 2.03 bits per heavy atom. The fourth-order valence-corrected chi connectivity index (χ4v) is 2.50. The Labute approximate surface area is 165 Å². The molecule has 3 aromatic rings. The number of anilines is 1. The number of para-hydroxylation sites is 1. The minimum Gasteiger partial charge on any atom is -0.453 e. The summed E-state index contributed by atoms with van der Waals surface area (Å²) in [4.78, 5) is 24.0. The summed E-state index contributed by atoms with van der Waals surface area (Å²) < 4.78 is 20.9. The Balaban J connectivity index is 1.86. The molecule has 148 valence electrons. The molecule has 0 unspecified atom stereocenters. The van der Waals surface area contributed by atoms with E-state index in [1.165, 1.54) is 29.9 Å². The molecule has 2 aromatic carbocycles. The lowest BCUT2D eigenvalue weighted by atomic mass is 10.1. The molecule has 0 saturated heterocycles. The van der Waals surface area contributed by atoms with Gasteiger partial charge < -0.3 is 10.1 Å². The molecule has 0 saturated carbocycles. The summed E-state index contributed by atoms with van der Waals surface area (Å²) in [6, 6.07) is 10.3. The summed E-state index contributed by atoms with van der Waals surface area (Å²) in [6.45, 7) is 0. The number of nitrogens with one attached hydrogen (secondary N) is 2. The molecule has 9 heteroatoms. The van der Waals surface area contributed by atoms with Crippen LogP contribution in [0.25, 0.3) is 6.08 Å². The molecule has 2 amide bonds. The fraction of sp³-hybridized carbons (Fsp3) is 0.0500. The van der Waals surface area contributed by atoms with Crippen LogP contribution in [0.3, 0.4) is 0 Å². The normalized spacial score (nSPS) is 10.7. The van der Waals surface area contributed by atoms with Gasteiger partial charge in [0.25, 0.3) is 11.8 Å². The summed E-state index contributed by atoms with van der Waals surface area (Å²) in [7, 11) is 1.74. The van der Waals surface area contributed by atoms with Crippen LogP contribution in [0.4, 0.5) is 10.1 Å². The standard InChI is InChI=1S/C20H17FN4O4/c1-25-12-15(11-22-25)29-18-5-3-2-4-16(18)20(27)23-17-8-7-14(21)10-13(17)6-9-19(26)24-28/h2-12,28H,1H3,(H,23,27)(H,24,26). The summed E-state index contributed by atoms with van der Waals surface area (Å²) >= 11 is 0. The van der Waals surface area contributed by atoms with Crippen molar-refractivity contribution in [1.82, 2.24) is 15.3 Å². The second-order valence-electron chi connectivity index (χ2n) is 5.94. The maximum absolute atomic E-state index is 13.6. The van der Waals surface area contributed by atoms with Crippen molar-refractivity contribution in [2.45, 2.75) is 0 Å². The Bertz CT molecular complexity index is 1080. The molecule has 3 N–H and O–H groups in total. The zero-order valence-corrected chi connectivity index (χ0v) is 15.3. The molecule has 0 aliphatic carbocycles. The summed E-state index contributed by atoms with van der Waals surface area (Å²) in [6.07, 6.45) is 5.44. The van der Waals surface area contributed by atoms with Crippen LogP contribution in [0.2, 0.25) is 0 Å². The molecular weight excluding hydrogens is 379 g/mol.